The first-order valence-electron chi connectivity index (χ1n) is 6.91. The molecule has 0 aliphatic heterocycles. The zero-order valence-electron chi connectivity index (χ0n) is 13.2. The predicted molar refractivity (Wildman–Crippen MR) is 76.5 cm³/mol. The summed E-state index contributed by atoms with van der Waals surface area (Å²) in [6.45, 7) is 5.66. The lowest BCUT2D eigenvalue weighted by Crippen LogP contribution is -2.28. The van der Waals surface area contributed by atoms with Gasteiger partial charge in [-0.05, 0) is 24.0 Å². The highest BCUT2D eigenvalue weighted by molar-refractivity contribution is 5.72. The van der Waals surface area contributed by atoms with Crippen LogP contribution >= 0.6 is 0 Å². The number of para-hydroxylation sites is 1. The fraction of sp³-hybridized carbons (Fsp3) is 0.562. The second kappa shape index (κ2) is 7.03. The molecule has 0 radical (unpaired) electrons. The molecule has 1 unspecified atom stereocenters. The monoisotopic (exact) mass is 318 g/mol. The van der Waals surface area contributed by atoms with Crippen molar-refractivity contribution in [2.24, 2.45) is 11.3 Å². The third-order valence-electron chi connectivity index (χ3n) is 3.03. The number of alkyl halides is 3. The molecule has 1 aromatic rings. The van der Waals surface area contributed by atoms with Crippen LogP contribution in [0.25, 0.3) is 0 Å². The molecule has 0 saturated carbocycles. The molecule has 0 N–H and O–H groups in total. The number of carbonyl (C=O) groups excluding carboxylic acids is 1. The molecule has 0 fully saturated rings. The number of halogens is 3. The van der Waals surface area contributed by atoms with Crippen molar-refractivity contribution < 1.29 is 27.4 Å². The van der Waals surface area contributed by atoms with Crippen LogP contribution in [0.3, 0.4) is 0 Å². The van der Waals surface area contributed by atoms with Gasteiger partial charge in [0.1, 0.15) is 12.4 Å². The lowest BCUT2D eigenvalue weighted by Gasteiger charge is -2.25. The molecule has 0 heterocycles. The SMILES string of the molecule is COC(=O)C(COc1ccccc1C(F)(F)F)CC(C)(C)C. The largest absolute Gasteiger partial charge is 0.492 e. The van der Waals surface area contributed by atoms with Gasteiger partial charge in [-0.3, -0.25) is 4.79 Å². The average Bonchev–Trinajstić information content (AvgIpc) is 2.40. The Hall–Kier alpha value is -1.72. The molecule has 1 rings (SSSR count). The molecular formula is C16H21F3O3. The summed E-state index contributed by atoms with van der Waals surface area (Å²) in [7, 11) is 1.25. The highest BCUT2D eigenvalue weighted by atomic mass is 19.4. The topological polar surface area (TPSA) is 35.5 Å². The number of esters is 1. The van der Waals surface area contributed by atoms with Gasteiger partial charge in [-0.1, -0.05) is 32.9 Å². The smallest absolute Gasteiger partial charge is 0.419 e. The normalized spacial score (nSPS) is 13.6. The molecule has 1 aromatic carbocycles. The number of methoxy groups -OCH3 is 1. The second-order valence-corrected chi connectivity index (χ2v) is 6.29. The highest BCUT2D eigenvalue weighted by Crippen LogP contribution is 2.36. The first kappa shape index (κ1) is 18.3. The van der Waals surface area contributed by atoms with Gasteiger partial charge >= 0.3 is 12.1 Å². The summed E-state index contributed by atoms with van der Waals surface area (Å²) >= 11 is 0. The van der Waals surface area contributed by atoms with Crippen molar-refractivity contribution in [3.05, 3.63) is 29.8 Å². The number of benzene rings is 1. The number of hydrogen-bond donors (Lipinski definition) is 0. The summed E-state index contributed by atoms with van der Waals surface area (Å²) in [6.07, 6.45) is -4.05. The molecule has 124 valence electrons. The Morgan fingerprint density at radius 3 is 2.27 bits per heavy atom. The summed E-state index contributed by atoms with van der Waals surface area (Å²) in [5.74, 6) is -1.39. The molecule has 3 nitrogen and oxygen atoms in total. The van der Waals surface area contributed by atoms with Gasteiger partial charge < -0.3 is 9.47 Å². The van der Waals surface area contributed by atoms with E-state index in [0.29, 0.717) is 6.42 Å². The fourth-order valence-corrected chi connectivity index (χ4v) is 2.13. The van der Waals surface area contributed by atoms with Crippen LogP contribution in [-0.2, 0) is 15.7 Å². The van der Waals surface area contributed by atoms with E-state index in [9.17, 15) is 18.0 Å². The molecular weight excluding hydrogens is 297 g/mol. The Labute approximate surface area is 128 Å². The van der Waals surface area contributed by atoms with Crippen LogP contribution in [0.15, 0.2) is 24.3 Å². The third-order valence-corrected chi connectivity index (χ3v) is 3.03. The van der Waals surface area contributed by atoms with Crippen LogP contribution in [0.4, 0.5) is 13.2 Å². The lowest BCUT2D eigenvalue weighted by molar-refractivity contribution is -0.147. The Morgan fingerprint density at radius 1 is 1.18 bits per heavy atom. The molecule has 0 spiro atoms. The van der Waals surface area contributed by atoms with Crippen LogP contribution in [-0.4, -0.2) is 19.7 Å². The zero-order valence-corrected chi connectivity index (χ0v) is 13.2. The van der Waals surface area contributed by atoms with E-state index in [1.165, 1.54) is 25.3 Å². The Kier molecular flexibility index (Phi) is 5.85. The first-order chi connectivity index (χ1) is 10.0. The molecule has 0 bridgehead atoms. The van der Waals surface area contributed by atoms with E-state index in [1.54, 1.807) is 0 Å². The van der Waals surface area contributed by atoms with Crippen molar-refractivity contribution in [1.82, 2.24) is 0 Å². The molecule has 0 amide bonds. The maximum atomic E-state index is 12.9. The average molecular weight is 318 g/mol. The highest BCUT2D eigenvalue weighted by Gasteiger charge is 2.34. The van der Waals surface area contributed by atoms with Gasteiger partial charge in [0.25, 0.3) is 0 Å². The number of ether oxygens (including phenoxy) is 2. The van der Waals surface area contributed by atoms with Gasteiger partial charge in [-0.25, -0.2) is 0 Å². The fourth-order valence-electron chi connectivity index (χ4n) is 2.13. The Bertz CT molecular complexity index is 504. The van der Waals surface area contributed by atoms with Gasteiger partial charge in [0.05, 0.1) is 18.6 Å². The third kappa shape index (κ3) is 5.58. The maximum absolute atomic E-state index is 12.9. The molecule has 1 atom stereocenters. The van der Waals surface area contributed by atoms with Crippen LogP contribution in [0, 0.1) is 11.3 Å². The molecule has 0 aliphatic carbocycles. The Morgan fingerprint density at radius 2 is 1.77 bits per heavy atom. The summed E-state index contributed by atoms with van der Waals surface area (Å²) in [5, 5.41) is 0. The lowest BCUT2D eigenvalue weighted by atomic mass is 9.85. The van der Waals surface area contributed by atoms with E-state index in [2.05, 4.69) is 0 Å². The summed E-state index contributed by atoms with van der Waals surface area (Å²) < 4.78 is 48.7. The minimum absolute atomic E-state index is 0.156. The van der Waals surface area contributed by atoms with E-state index >= 15 is 0 Å². The van der Waals surface area contributed by atoms with Crippen molar-refractivity contribution in [2.45, 2.75) is 33.4 Å². The number of hydrogen-bond acceptors (Lipinski definition) is 3. The standard InChI is InChI=1S/C16H21F3O3/c1-15(2,3)9-11(14(20)21-4)10-22-13-8-6-5-7-12(13)16(17,18)19/h5-8,11H,9-10H2,1-4H3. The van der Waals surface area contributed by atoms with Crippen LogP contribution < -0.4 is 4.74 Å². The zero-order chi connectivity index (χ0) is 17.0. The van der Waals surface area contributed by atoms with Gasteiger partial charge in [0.2, 0.25) is 0 Å². The molecule has 0 aromatic heterocycles. The van der Waals surface area contributed by atoms with E-state index in [0.717, 1.165) is 6.07 Å². The molecule has 22 heavy (non-hydrogen) atoms. The van der Waals surface area contributed by atoms with E-state index < -0.39 is 23.6 Å². The minimum Gasteiger partial charge on any atom is -0.492 e. The van der Waals surface area contributed by atoms with Crippen LogP contribution in [0.1, 0.15) is 32.8 Å². The van der Waals surface area contributed by atoms with E-state index in [1.807, 2.05) is 20.8 Å². The Balaban J connectivity index is 2.88. The van der Waals surface area contributed by atoms with Crippen molar-refractivity contribution in [1.29, 1.82) is 0 Å². The quantitative estimate of drug-likeness (QED) is 0.759. The molecule has 0 saturated heterocycles. The molecule has 0 aliphatic rings. The summed E-state index contributed by atoms with van der Waals surface area (Å²) in [6, 6.07) is 4.95. The first-order valence-corrected chi connectivity index (χ1v) is 6.91. The van der Waals surface area contributed by atoms with Crippen LogP contribution in [0.2, 0.25) is 0 Å². The maximum Gasteiger partial charge on any atom is 0.419 e. The molecule has 6 heteroatoms. The van der Waals surface area contributed by atoms with Gasteiger partial charge in [0.15, 0.2) is 0 Å². The van der Waals surface area contributed by atoms with Gasteiger partial charge in [-0.2, -0.15) is 13.2 Å². The second-order valence-electron chi connectivity index (χ2n) is 6.29. The predicted octanol–water partition coefficient (Wildman–Crippen LogP) is 4.31. The van der Waals surface area contributed by atoms with E-state index in [4.69, 9.17) is 9.47 Å². The van der Waals surface area contributed by atoms with Crippen LogP contribution in [0.5, 0.6) is 5.75 Å². The van der Waals surface area contributed by atoms with E-state index in [-0.39, 0.29) is 17.8 Å². The van der Waals surface area contributed by atoms with Gasteiger partial charge in [-0.15, -0.1) is 0 Å². The van der Waals surface area contributed by atoms with Crippen molar-refractivity contribution in [2.75, 3.05) is 13.7 Å². The van der Waals surface area contributed by atoms with Crippen molar-refractivity contribution >= 4 is 5.97 Å². The van der Waals surface area contributed by atoms with Crippen molar-refractivity contribution in [3.8, 4) is 5.75 Å². The minimum atomic E-state index is -4.50. The summed E-state index contributed by atoms with van der Waals surface area (Å²) in [5.41, 5.74) is -1.03. The summed E-state index contributed by atoms with van der Waals surface area (Å²) in [4.78, 5) is 11.8. The number of carbonyl (C=O) groups is 1. The van der Waals surface area contributed by atoms with Crippen molar-refractivity contribution in [3.63, 3.8) is 0 Å². The van der Waals surface area contributed by atoms with Gasteiger partial charge in [0, 0.05) is 0 Å². The number of rotatable bonds is 5.